The van der Waals surface area contributed by atoms with Gasteiger partial charge in [-0.05, 0) is 30.5 Å². The van der Waals surface area contributed by atoms with E-state index in [1.807, 2.05) is 24.3 Å². The van der Waals surface area contributed by atoms with Gasteiger partial charge in [0.1, 0.15) is 11.8 Å². The summed E-state index contributed by atoms with van der Waals surface area (Å²) in [5.41, 5.74) is 0.835. The van der Waals surface area contributed by atoms with Gasteiger partial charge in [-0.1, -0.05) is 26.0 Å². The molecule has 1 aromatic rings. The number of hydrogen-bond donors (Lipinski definition) is 1. The number of carbonyl (C=O) groups excluding carboxylic acids is 1. The summed E-state index contributed by atoms with van der Waals surface area (Å²) >= 11 is 0. The van der Waals surface area contributed by atoms with Crippen LogP contribution in [0.2, 0.25) is 0 Å². The van der Waals surface area contributed by atoms with Gasteiger partial charge in [-0.3, -0.25) is 4.79 Å². The van der Waals surface area contributed by atoms with Crippen LogP contribution in [-0.2, 0) is 16.0 Å². The molecule has 5 heteroatoms. The SMILES string of the molecule is CC(C)COc1ccc(CC(=O)N(C)C(C)C(=O)O)cc1. The molecule has 1 unspecified atom stereocenters. The summed E-state index contributed by atoms with van der Waals surface area (Å²) < 4.78 is 5.57. The molecule has 1 aromatic carbocycles. The van der Waals surface area contributed by atoms with Crippen molar-refractivity contribution in [2.75, 3.05) is 13.7 Å². The maximum atomic E-state index is 12.0. The van der Waals surface area contributed by atoms with Gasteiger partial charge in [0.2, 0.25) is 5.91 Å². The second kappa shape index (κ2) is 7.67. The predicted molar refractivity (Wildman–Crippen MR) is 80.3 cm³/mol. The van der Waals surface area contributed by atoms with Crippen molar-refractivity contribution < 1.29 is 19.4 Å². The van der Waals surface area contributed by atoms with E-state index in [1.54, 1.807) is 0 Å². The average molecular weight is 293 g/mol. The summed E-state index contributed by atoms with van der Waals surface area (Å²) in [6.07, 6.45) is 0.179. The molecular weight excluding hydrogens is 270 g/mol. The van der Waals surface area contributed by atoms with E-state index in [9.17, 15) is 9.59 Å². The van der Waals surface area contributed by atoms with E-state index in [4.69, 9.17) is 9.84 Å². The van der Waals surface area contributed by atoms with Gasteiger partial charge in [0.25, 0.3) is 0 Å². The van der Waals surface area contributed by atoms with Gasteiger partial charge in [-0.25, -0.2) is 4.79 Å². The zero-order chi connectivity index (χ0) is 16.0. The lowest BCUT2D eigenvalue weighted by Gasteiger charge is -2.21. The number of likely N-dealkylation sites (N-methyl/N-ethyl adjacent to an activating group) is 1. The minimum Gasteiger partial charge on any atom is -0.493 e. The molecule has 0 bridgehead atoms. The van der Waals surface area contributed by atoms with Crippen LogP contribution in [-0.4, -0.2) is 41.6 Å². The van der Waals surface area contributed by atoms with Gasteiger partial charge in [0.05, 0.1) is 13.0 Å². The second-order valence-corrected chi connectivity index (χ2v) is 5.54. The minimum absolute atomic E-state index is 0.179. The summed E-state index contributed by atoms with van der Waals surface area (Å²) in [6.45, 7) is 6.29. The van der Waals surface area contributed by atoms with Crippen molar-refractivity contribution in [2.45, 2.75) is 33.2 Å². The zero-order valence-corrected chi connectivity index (χ0v) is 13.0. The first-order valence-electron chi connectivity index (χ1n) is 7.01. The Kier molecular flexibility index (Phi) is 6.21. The number of rotatable bonds is 7. The van der Waals surface area contributed by atoms with Crippen LogP contribution in [0.5, 0.6) is 5.75 Å². The molecule has 0 fully saturated rings. The Morgan fingerprint density at radius 1 is 1.19 bits per heavy atom. The first-order valence-corrected chi connectivity index (χ1v) is 7.01. The first kappa shape index (κ1) is 17.0. The van der Waals surface area contributed by atoms with Crippen LogP contribution < -0.4 is 4.74 Å². The van der Waals surface area contributed by atoms with Crippen LogP contribution in [0, 0.1) is 5.92 Å². The highest BCUT2D eigenvalue weighted by Gasteiger charge is 2.21. The number of hydrogen-bond acceptors (Lipinski definition) is 3. The minimum atomic E-state index is -1.01. The summed E-state index contributed by atoms with van der Waals surface area (Å²) in [5, 5.41) is 8.90. The van der Waals surface area contributed by atoms with Crippen LogP contribution in [0.15, 0.2) is 24.3 Å². The monoisotopic (exact) mass is 293 g/mol. The molecule has 0 saturated heterocycles. The number of carboxylic acid groups (broad SMARTS) is 1. The molecule has 1 N–H and O–H groups in total. The van der Waals surface area contributed by atoms with Crippen molar-refractivity contribution in [2.24, 2.45) is 5.92 Å². The Bertz CT molecular complexity index is 482. The Labute approximate surface area is 125 Å². The highest BCUT2D eigenvalue weighted by molar-refractivity contribution is 5.84. The molecule has 0 aliphatic carbocycles. The van der Waals surface area contributed by atoms with E-state index < -0.39 is 12.0 Å². The first-order chi connectivity index (χ1) is 9.81. The van der Waals surface area contributed by atoms with Crippen LogP contribution in [0.25, 0.3) is 0 Å². The van der Waals surface area contributed by atoms with E-state index in [2.05, 4.69) is 13.8 Å². The number of nitrogens with zero attached hydrogens (tertiary/aromatic N) is 1. The van der Waals surface area contributed by atoms with E-state index in [0.29, 0.717) is 12.5 Å². The van der Waals surface area contributed by atoms with Crippen molar-refractivity contribution in [3.63, 3.8) is 0 Å². The van der Waals surface area contributed by atoms with Crippen molar-refractivity contribution in [3.05, 3.63) is 29.8 Å². The maximum absolute atomic E-state index is 12.0. The average Bonchev–Trinajstić information content (AvgIpc) is 2.44. The quantitative estimate of drug-likeness (QED) is 0.837. The summed E-state index contributed by atoms with van der Waals surface area (Å²) in [6, 6.07) is 6.47. The third-order valence-corrected chi connectivity index (χ3v) is 3.19. The van der Waals surface area contributed by atoms with E-state index in [0.717, 1.165) is 11.3 Å². The Morgan fingerprint density at radius 2 is 1.76 bits per heavy atom. The number of carboxylic acids is 1. The Hall–Kier alpha value is -2.04. The smallest absolute Gasteiger partial charge is 0.326 e. The molecule has 0 spiro atoms. The van der Waals surface area contributed by atoms with Crippen LogP contribution in [0.1, 0.15) is 26.3 Å². The topological polar surface area (TPSA) is 66.8 Å². The van der Waals surface area contributed by atoms with E-state index >= 15 is 0 Å². The van der Waals surface area contributed by atoms with Gasteiger partial charge in [0, 0.05) is 7.05 Å². The van der Waals surface area contributed by atoms with Gasteiger partial charge in [-0.2, -0.15) is 0 Å². The highest BCUT2D eigenvalue weighted by Crippen LogP contribution is 2.14. The third kappa shape index (κ3) is 5.45. The molecular formula is C16H23NO4. The third-order valence-electron chi connectivity index (χ3n) is 3.19. The molecule has 0 heterocycles. The van der Waals surface area contributed by atoms with Gasteiger partial charge < -0.3 is 14.7 Å². The van der Waals surface area contributed by atoms with E-state index in [-0.39, 0.29) is 12.3 Å². The molecule has 0 aromatic heterocycles. The zero-order valence-electron chi connectivity index (χ0n) is 13.0. The molecule has 0 radical (unpaired) electrons. The lowest BCUT2D eigenvalue weighted by Crippen LogP contribution is -2.41. The van der Waals surface area contributed by atoms with Gasteiger partial charge in [-0.15, -0.1) is 0 Å². The number of benzene rings is 1. The fourth-order valence-electron chi connectivity index (χ4n) is 1.65. The standard InChI is InChI=1S/C16H23NO4/c1-11(2)10-21-14-7-5-13(6-8-14)9-15(18)17(4)12(3)16(19)20/h5-8,11-12H,9-10H2,1-4H3,(H,19,20). The molecule has 5 nitrogen and oxygen atoms in total. The highest BCUT2D eigenvalue weighted by atomic mass is 16.5. The molecule has 1 amide bonds. The largest absolute Gasteiger partial charge is 0.493 e. The lowest BCUT2D eigenvalue weighted by atomic mass is 10.1. The molecule has 0 aliphatic rings. The maximum Gasteiger partial charge on any atom is 0.326 e. The molecule has 1 rings (SSSR count). The summed E-state index contributed by atoms with van der Waals surface area (Å²) in [7, 11) is 1.50. The number of aliphatic carboxylic acids is 1. The number of ether oxygens (including phenoxy) is 1. The fourth-order valence-corrected chi connectivity index (χ4v) is 1.65. The van der Waals surface area contributed by atoms with Crippen molar-refractivity contribution in [1.29, 1.82) is 0 Å². The predicted octanol–water partition coefficient (Wildman–Crippen LogP) is 2.20. The lowest BCUT2D eigenvalue weighted by molar-refractivity contribution is -0.147. The van der Waals surface area contributed by atoms with Gasteiger partial charge in [0.15, 0.2) is 0 Å². The van der Waals surface area contributed by atoms with Crippen LogP contribution in [0.4, 0.5) is 0 Å². The molecule has 0 saturated carbocycles. The normalized spacial score (nSPS) is 12.0. The van der Waals surface area contributed by atoms with Crippen molar-refractivity contribution >= 4 is 11.9 Å². The van der Waals surface area contributed by atoms with Crippen molar-refractivity contribution in [1.82, 2.24) is 4.90 Å². The summed E-state index contributed by atoms with van der Waals surface area (Å²) in [5.74, 6) is -0.00593. The summed E-state index contributed by atoms with van der Waals surface area (Å²) in [4.78, 5) is 24.1. The molecule has 116 valence electrons. The molecule has 0 aliphatic heterocycles. The van der Waals surface area contributed by atoms with Gasteiger partial charge >= 0.3 is 5.97 Å². The second-order valence-electron chi connectivity index (χ2n) is 5.54. The fraction of sp³-hybridized carbons (Fsp3) is 0.500. The Balaban J connectivity index is 2.59. The van der Waals surface area contributed by atoms with Crippen molar-refractivity contribution in [3.8, 4) is 5.75 Å². The number of amides is 1. The number of carbonyl (C=O) groups is 2. The molecule has 21 heavy (non-hydrogen) atoms. The van der Waals surface area contributed by atoms with Crippen LogP contribution >= 0.6 is 0 Å². The molecule has 1 atom stereocenters. The van der Waals surface area contributed by atoms with Crippen LogP contribution in [0.3, 0.4) is 0 Å². The Morgan fingerprint density at radius 3 is 2.24 bits per heavy atom. The van der Waals surface area contributed by atoms with E-state index in [1.165, 1.54) is 18.9 Å².